The predicted molar refractivity (Wildman–Crippen MR) is 377 cm³/mol. The van der Waals surface area contributed by atoms with E-state index < -0.39 is 96.5 Å². The maximum atomic E-state index is 15.2. The van der Waals surface area contributed by atoms with Crippen LogP contribution < -0.4 is 15.4 Å². The Morgan fingerprint density at radius 1 is 0.768 bits per heavy atom. The molecular weight excluding hydrogens is 1260 g/mol. The number of carbonyl (C=O) groups is 8. The number of hydrogen-bond donors (Lipinski definition) is 3. The highest BCUT2D eigenvalue weighted by atomic mass is 16.7. The summed E-state index contributed by atoms with van der Waals surface area (Å²) in [5.74, 6) is -5.56. The fourth-order valence-corrected chi connectivity index (χ4v) is 15.4. The summed E-state index contributed by atoms with van der Waals surface area (Å²) < 4.78 is 41.8. The van der Waals surface area contributed by atoms with Crippen molar-refractivity contribution in [3.63, 3.8) is 0 Å². The average molecular weight is 1370 g/mol. The predicted octanol–water partition coefficient (Wildman–Crippen LogP) is 11.1. The van der Waals surface area contributed by atoms with Crippen LogP contribution in [0.5, 0.6) is 5.75 Å². The van der Waals surface area contributed by atoms with Gasteiger partial charge in [-0.25, -0.2) is 9.59 Å². The van der Waals surface area contributed by atoms with E-state index in [0.29, 0.717) is 31.4 Å². The minimum Gasteiger partial charge on any atom is -0.467 e. The second-order valence-electron chi connectivity index (χ2n) is 29.0. The maximum Gasteiger partial charge on any atom is 0.407 e. The SMILES string of the molecule is CC[C@H](C)[C@@H]([C@@H](CC(=O)N1CCC[C@H]1[C@H](OC)[C@@H](C)C(=O)C[C@H](C)[C@@H](O)c1ccccc1)OC)N(C)C(=O)[C@@H](CC(=O)[C@H](C(C)C)[N+](C)(C)Cc1ccc(O[C@@H]2O[C@H](C(=O)OC)[C@@H](C)[C@H](C)[C@H]2OC(C)=O)c(NC(=O)CCNC(=O)OCC2c3ccccc3-c3ccccc32)c1)C(C)C. The van der Waals surface area contributed by atoms with Crippen LogP contribution in [0.15, 0.2) is 97.1 Å². The molecule has 2 saturated heterocycles. The monoisotopic (exact) mass is 1370 g/mol. The number of alkyl carbamates (subject to hydrolysis) is 1. The van der Waals surface area contributed by atoms with Gasteiger partial charge in [-0.3, -0.25) is 28.8 Å². The van der Waals surface area contributed by atoms with E-state index >= 15 is 9.59 Å². The lowest BCUT2D eigenvalue weighted by molar-refractivity contribution is -0.922. The number of carbonyl (C=O) groups excluding carboxylic acids is 8. The summed E-state index contributed by atoms with van der Waals surface area (Å²) in [6.07, 6.45) is -4.37. The fourth-order valence-electron chi connectivity index (χ4n) is 15.4. The van der Waals surface area contributed by atoms with Gasteiger partial charge in [0.25, 0.3) is 0 Å². The van der Waals surface area contributed by atoms with Crippen LogP contribution in [0.1, 0.15) is 155 Å². The number of benzene rings is 4. The molecule has 2 fully saturated rings. The molecular formula is C78H110N5O16+. The van der Waals surface area contributed by atoms with Crippen LogP contribution in [0, 0.1) is 47.3 Å². The first-order chi connectivity index (χ1) is 47.0. The molecule has 4 aromatic carbocycles. The maximum absolute atomic E-state index is 15.2. The third-order valence-corrected chi connectivity index (χ3v) is 21.0. The quantitative estimate of drug-likeness (QED) is 0.0223. The molecule has 21 heteroatoms. The summed E-state index contributed by atoms with van der Waals surface area (Å²) in [7, 11) is 10.00. The van der Waals surface area contributed by atoms with Gasteiger partial charge in [-0.05, 0) is 82.5 Å². The standard InChI is InChI=1S/C78H109N5O16/c1-18-47(6)69(66(93-15)42-68(88)82-38-26-33-62(82)72(94-16)51(10)63(85)39-48(7)71(89)54-27-20-19-21-28-54)81(12)75(90)59(45(2)3)41-64(86)70(46(4)5)83(13,14)43-53-34-35-65(98-77-74(97-52(11)84)50(9)49(8)73(99-77)76(91)95-17)61(40-53)80-67(87)36-37-79-78(92)96-44-60-57-31-24-22-29-55(57)56-30-23-25-32-58(56)60/h19-25,27-32,34-35,40,45-51,59-60,62,66,69-74,77,89H,18,26,33,36-39,41-44H2,1-17H3,(H-,79,80,87,92)/p+1/t47-,48-,49-,50-,51-,59-,62-,66+,69-,70-,71+,72+,73-,74+,77+/m0/s1. The number of esters is 2. The zero-order valence-corrected chi connectivity index (χ0v) is 61.3. The number of ketones is 2. The number of likely N-dealkylation sites (tertiary alicyclic amines) is 1. The van der Waals surface area contributed by atoms with Gasteiger partial charge in [0.2, 0.25) is 24.0 Å². The molecule has 0 saturated carbocycles. The Kier molecular flexibility index (Phi) is 28.4. The number of aliphatic hydroxyl groups excluding tert-OH is 1. The molecule has 542 valence electrons. The molecule has 3 aliphatic rings. The van der Waals surface area contributed by atoms with Gasteiger partial charge in [0.15, 0.2) is 24.0 Å². The van der Waals surface area contributed by atoms with E-state index in [1.807, 2.05) is 143 Å². The molecule has 0 aromatic heterocycles. The molecule has 0 unspecified atom stereocenters. The number of ether oxygens (including phenoxy) is 7. The number of rotatable bonds is 34. The lowest BCUT2D eigenvalue weighted by atomic mass is 9.83. The Labute approximate surface area is 586 Å². The van der Waals surface area contributed by atoms with Crippen LogP contribution in [-0.4, -0.2) is 178 Å². The van der Waals surface area contributed by atoms with Gasteiger partial charge in [-0.15, -0.1) is 0 Å². The van der Waals surface area contributed by atoms with E-state index in [1.54, 1.807) is 56.2 Å². The van der Waals surface area contributed by atoms with Crippen molar-refractivity contribution < 1.29 is 81.1 Å². The lowest BCUT2D eigenvalue weighted by Crippen LogP contribution is -2.56. The van der Waals surface area contributed by atoms with Crippen molar-refractivity contribution >= 4 is 53.0 Å². The summed E-state index contributed by atoms with van der Waals surface area (Å²) >= 11 is 0. The van der Waals surface area contributed by atoms with Crippen molar-refractivity contribution in [2.45, 2.75) is 189 Å². The molecule has 15 atom stereocenters. The Hall–Kier alpha value is -7.56. The van der Waals surface area contributed by atoms with Crippen molar-refractivity contribution in [2.24, 2.45) is 47.3 Å². The Bertz CT molecular complexity index is 3370. The number of aliphatic hydroxyl groups is 1. The molecule has 0 spiro atoms. The average Bonchev–Trinajstić information content (AvgIpc) is 1.64. The van der Waals surface area contributed by atoms with E-state index in [2.05, 4.69) is 22.8 Å². The highest BCUT2D eigenvalue weighted by Crippen LogP contribution is 2.45. The van der Waals surface area contributed by atoms with Gasteiger partial charge < -0.3 is 63.2 Å². The molecule has 0 radical (unpaired) electrons. The number of fused-ring (bicyclic) bond motifs is 3. The number of Topliss-reactive ketones (excluding diaryl/α,β-unsaturated/α-hetero) is 2. The number of methoxy groups -OCH3 is 3. The Morgan fingerprint density at radius 3 is 1.99 bits per heavy atom. The van der Waals surface area contributed by atoms with Crippen LogP contribution in [0.3, 0.4) is 0 Å². The molecule has 3 N–H and O–H groups in total. The number of nitrogens with zero attached hydrogens (tertiary/aromatic N) is 3. The van der Waals surface area contributed by atoms with E-state index in [9.17, 15) is 33.9 Å². The number of nitrogens with one attached hydrogen (secondary N) is 2. The zero-order chi connectivity index (χ0) is 72.7. The first-order valence-corrected chi connectivity index (χ1v) is 35.3. The number of anilines is 1. The largest absolute Gasteiger partial charge is 0.467 e. The molecule has 7 rings (SSSR count). The van der Waals surface area contributed by atoms with Gasteiger partial charge in [-0.1, -0.05) is 155 Å². The second-order valence-corrected chi connectivity index (χ2v) is 29.0. The van der Waals surface area contributed by atoms with Gasteiger partial charge >= 0.3 is 18.0 Å². The molecule has 99 heavy (non-hydrogen) atoms. The third-order valence-electron chi connectivity index (χ3n) is 21.0. The van der Waals surface area contributed by atoms with Crippen LogP contribution in [-0.2, 0) is 68.5 Å². The normalized spacial score (nSPS) is 21.2. The first-order valence-electron chi connectivity index (χ1n) is 35.3. The topological polar surface area (TPSA) is 252 Å². The van der Waals surface area contributed by atoms with Gasteiger partial charge in [-0.2, -0.15) is 0 Å². The van der Waals surface area contributed by atoms with Crippen LogP contribution >= 0.6 is 0 Å². The highest BCUT2D eigenvalue weighted by molar-refractivity contribution is 5.93. The number of hydrogen-bond acceptors (Lipinski definition) is 16. The van der Waals surface area contributed by atoms with E-state index in [4.69, 9.17) is 33.2 Å². The van der Waals surface area contributed by atoms with Gasteiger partial charge in [0.05, 0.1) is 63.7 Å². The number of quaternary nitrogens is 1. The van der Waals surface area contributed by atoms with Crippen molar-refractivity contribution in [2.75, 3.05) is 67.5 Å². The minimum atomic E-state index is -1.33. The Balaban J connectivity index is 1.06. The summed E-state index contributed by atoms with van der Waals surface area (Å²) in [6.45, 7) is 21.2. The minimum absolute atomic E-state index is 0.0398. The second kappa shape index (κ2) is 35.7. The molecule has 2 aliphatic heterocycles. The zero-order valence-electron chi connectivity index (χ0n) is 61.3. The first kappa shape index (κ1) is 78.8. The van der Waals surface area contributed by atoms with Crippen molar-refractivity contribution in [3.05, 3.63) is 119 Å². The summed E-state index contributed by atoms with van der Waals surface area (Å²) in [5, 5.41) is 16.8. The van der Waals surface area contributed by atoms with Crippen LogP contribution in [0.25, 0.3) is 11.1 Å². The number of likely N-dealkylation sites (N-methyl/N-ethyl adjacent to an activating group) is 2. The Morgan fingerprint density at radius 2 is 1.40 bits per heavy atom. The van der Waals surface area contributed by atoms with E-state index in [0.717, 1.165) is 27.8 Å². The highest BCUT2D eigenvalue weighted by Gasteiger charge is 2.49. The summed E-state index contributed by atoms with van der Waals surface area (Å²) in [5.41, 5.74) is 5.92. The van der Waals surface area contributed by atoms with E-state index in [-0.39, 0.29) is 120 Å². The fraction of sp³-hybridized carbons (Fsp3) is 0.590. The van der Waals surface area contributed by atoms with Crippen molar-refractivity contribution in [1.29, 1.82) is 0 Å². The van der Waals surface area contributed by atoms with Crippen molar-refractivity contribution in [1.82, 2.24) is 15.1 Å². The van der Waals surface area contributed by atoms with Gasteiger partial charge in [0.1, 0.15) is 24.7 Å². The van der Waals surface area contributed by atoms with Crippen LogP contribution in [0.2, 0.25) is 0 Å². The molecule has 0 bridgehead atoms. The van der Waals surface area contributed by atoms with Gasteiger partial charge in [0, 0.05) is 95.7 Å². The summed E-state index contributed by atoms with van der Waals surface area (Å²) in [6, 6.07) is 28.9. The van der Waals surface area contributed by atoms with Crippen LogP contribution in [0.4, 0.5) is 10.5 Å². The lowest BCUT2D eigenvalue weighted by Gasteiger charge is -2.42. The third kappa shape index (κ3) is 19.3. The van der Waals surface area contributed by atoms with E-state index in [1.165, 1.54) is 14.0 Å². The molecule has 1 aliphatic carbocycles. The number of amides is 4. The smallest absolute Gasteiger partial charge is 0.407 e. The summed E-state index contributed by atoms with van der Waals surface area (Å²) in [4.78, 5) is 116. The molecule has 2 heterocycles. The molecule has 21 nitrogen and oxygen atoms in total. The molecule has 4 amide bonds. The van der Waals surface area contributed by atoms with Crippen molar-refractivity contribution in [3.8, 4) is 16.9 Å². The molecule has 4 aromatic rings.